The summed E-state index contributed by atoms with van der Waals surface area (Å²) >= 11 is 0. The van der Waals surface area contributed by atoms with Crippen LogP contribution in [0.1, 0.15) is 11.1 Å². The van der Waals surface area contributed by atoms with Crippen molar-refractivity contribution in [3.63, 3.8) is 0 Å². The molecule has 0 N–H and O–H groups in total. The molecule has 0 atom stereocenters. The van der Waals surface area contributed by atoms with E-state index < -0.39 is 9.85 Å². The molecule has 7 nitrogen and oxygen atoms in total. The third kappa shape index (κ3) is 3.66. The molecule has 0 radical (unpaired) electrons. The van der Waals surface area contributed by atoms with Crippen LogP contribution in [0.3, 0.4) is 0 Å². The highest BCUT2D eigenvalue weighted by molar-refractivity contribution is 5.53. The molecule has 7 heteroatoms. The zero-order valence-electron chi connectivity index (χ0n) is 13.1. The van der Waals surface area contributed by atoms with Gasteiger partial charge in [0.2, 0.25) is 0 Å². The largest absolute Gasteiger partial charge is 0.347 e. The number of nitro benzene ring substituents is 2. The van der Waals surface area contributed by atoms with E-state index in [1.54, 1.807) is 23.0 Å². The molecular formula is C18H14N3O4+. The maximum Gasteiger partial charge on any atom is 0.347 e. The van der Waals surface area contributed by atoms with E-state index in [9.17, 15) is 20.2 Å². The smallest absolute Gasteiger partial charge is 0.258 e. The molecule has 0 bridgehead atoms. The van der Waals surface area contributed by atoms with E-state index in [1.807, 2.05) is 36.4 Å². The first kappa shape index (κ1) is 16.3. The molecule has 0 saturated carbocycles. The highest BCUT2D eigenvalue weighted by Crippen LogP contribution is 2.24. The topological polar surface area (TPSA) is 90.2 Å². The summed E-state index contributed by atoms with van der Waals surface area (Å²) < 4.78 is 1.61. The van der Waals surface area contributed by atoms with Crippen LogP contribution in [-0.2, 0) is 6.42 Å². The standard InChI is InChI=1S/C18H14N3O4/c22-20(23)16-8-9-17(18(12-16)21(24)25)19-10-4-7-15(13-19)11-14-5-2-1-3-6-14/h1-10,12-13H,11H2/q+1. The van der Waals surface area contributed by atoms with Gasteiger partial charge in [0, 0.05) is 30.2 Å². The number of hydrogen-bond donors (Lipinski definition) is 0. The van der Waals surface area contributed by atoms with Crippen LogP contribution >= 0.6 is 0 Å². The second-order valence-corrected chi connectivity index (χ2v) is 5.47. The van der Waals surface area contributed by atoms with Gasteiger partial charge in [0.25, 0.3) is 11.4 Å². The van der Waals surface area contributed by atoms with Crippen LogP contribution in [0, 0.1) is 20.2 Å². The minimum atomic E-state index is -0.646. The summed E-state index contributed by atoms with van der Waals surface area (Å²) in [5, 5.41) is 22.2. The van der Waals surface area contributed by atoms with Crippen molar-refractivity contribution < 1.29 is 14.4 Å². The van der Waals surface area contributed by atoms with Crippen molar-refractivity contribution in [1.82, 2.24) is 0 Å². The molecule has 25 heavy (non-hydrogen) atoms. The molecule has 1 aromatic heterocycles. The minimum absolute atomic E-state index is 0.283. The molecule has 0 aliphatic heterocycles. The number of aromatic nitrogens is 1. The fourth-order valence-corrected chi connectivity index (χ4v) is 2.60. The van der Waals surface area contributed by atoms with Crippen LogP contribution in [0.15, 0.2) is 73.1 Å². The summed E-state index contributed by atoms with van der Waals surface area (Å²) in [6.07, 6.45) is 4.16. The SMILES string of the molecule is O=[N+]([O-])c1ccc(-[n+]2cccc(Cc3ccccc3)c2)c([N+](=O)[O-])c1. The zero-order chi connectivity index (χ0) is 17.8. The van der Waals surface area contributed by atoms with E-state index in [-0.39, 0.29) is 17.1 Å². The summed E-state index contributed by atoms with van der Waals surface area (Å²) in [6.45, 7) is 0. The zero-order valence-corrected chi connectivity index (χ0v) is 13.1. The third-order valence-corrected chi connectivity index (χ3v) is 3.76. The molecule has 3 aromatic rings. The Balaban J connectivity index is 2.01. The van der Waals surface area contributed by atoms with E-state index in [1.165, 1.54) is 12.1 Å². The number of hydrogen-bond acceptors (Lipinski definition) is 4. The molecule has 1 heterocycles. The van der Waals surface area contributed by atoms with Gasteiger partial charge < -0.3 is 0 Å². The summed E-state index contributed by atoms with van der Waals surface area (Å²) in [4.78, 5) is 20.9. The maximum atomic E-state index is 11.3. The van der Waals surface area contributed by atoms with Gasteiger partial charge in [-0.2, -0.15) is 4.57 Å². The van der Waals surface area contributed by atoms with Crippen LogP contribution in [0.5, 0.6) is 0 Å². The predicted octanol–water partition coefficient (Wildman–Crippen LogP) is 3.37. The van der Waals surface area contributed by atoms with E-state index in [0.29, 0.717) is 6.42 Å². The van der Waals surface area contributed by atoms with Crippen molar-refractivity contribution in [2.24, 2.45) is 0 Å². The third-order valence-electron chi connectivity index (χ3n) is 3.76. The molecule has 0 aliphatic rings. The number of benzene rings is 2. The van der Waals surface area contributed by atoms with Crippen molar-refractivity contribution in [2.75, 3.05) is 0 Å². The Morgan fingerprint density at radius 3 is 2.24 bits per heavy atom. The highest BCUT2D eigenvalue weighted by atomic mass is 16.6. The average molecular weight is 336 g/mol. The summed E-state index contributed by atoms with van der Waals surface area (Å²) in [5.74, 6) is 0. The van der Waals surface area contributed by atoms with Gasteiger partial charge in [-0.3, -0.25) is 20.2 Å². The molecular weight excluding hydrogens is 322 g/mol. The van der Waals surface area contributed by atoms with Crippen molar-refractivity contribution >= 4 is 11.4 Å². The fraction of sp³-hybridized carbons (Fsp3) is 0.0556. The van der Waals surface area contributed by atoms with E-state index in [4.69, 9.17) is 0 Å². The molecule has 0 aliphatic carbocycles. The lowest BCUT2D eigenvalue weighted by Gasteiger charge is -2.02. The van der Waals surface area contributed by atoms with Gasteiger partial charge in [0.15, 0.2) is 12.4 Å². The summed E-state index contributed by atoms with van der Waals surface area (Å²) in [6, 6.07) is 17.2. The normalized spacial score (nSPS) is 10.4. The summed E-state index contributed by atoms with van der Waals surface area (Å²) in [7, 11) is 0. The Morgan fingerprint density at radius 2 is 1.56 bits per heavy atom. The number of pyridine rings is 1. The average Bonchev–Trinajstić information content (AvgIpc) is 2.62. The maximum absolute atomic E-state index is 11.3. The molecule has 0 unspecified atom stereocenters. The molecule has 0 saturated heterocycles. The van der Waals surface area contributed by atoms with Gasteiger partial charge in [-0.1, -0.05) is 30.3 Å². The molecule has 124 valence electrons. The van der Waals surface area contributed by atoms with Crippen LogP contribution in [0.25, 0.3) is 5.69 Å². The van der Waals surface area contributed by atoms with E-state index >= 15 is 0 Å². The number of nitro groups is 2. The monoisotopic (exact) mass is 336 g/mol. The molecule has 0 amide bonds. The first-order valence-corrected chi connectivity index (χ1v) is 7.52. The molecule has 0 spiro atoms. The Morgan fingerprint density at radius 1 is 0.840 bits per heavy atom. The predicted molar refractivity (Wildman–Crippen MR) is 90.5 cm³/mol. The number of rotatable bonds is 5. The van der Waals surface area contributed by atoms with Gasteiger partial charge in [0.1, 0.15) is 6.07 Å². The Kier molecular flexibility index (Phi) is 4.47. The quantitative estimate of drug-likeness (QED) is 0.406. The van der Waals surface area contributed by atoms with E-state index in [2.05, 4.69) is 0 Å². The van der Waals surface area contributed by atoms with Crippen LogP contribution in [-0.4, -0.2) is 9.85 Å². The van der Waals surface area contributed by atoms with Gasteiger partial charge in [-0.25, -0.2) is 0 Å². The lowest BCUT2D eigenvalue weighted by Crippen LogP contribution is -2.31. The lowest BCUT2D eigenvalue weighted by atomic mass is 10.1. The second-order valence-electron chi connectivity index (χ2n) is 5.47. The molecule has 3 rings (SSSR count). The fourth-order valence-electron chi connectivity index (χ4n) is 2.60. The van der Waals surface area contributed by atoms with E-state index in [0.717, 1.165) is 17.2 Å². The van der Waals surface area contributed by atoms with Crippen molar-refractivity contribution in [2.45, 2.75) is 6.42 Å². The van der Waals surface area contributed by atoms with Crippen LogP contribution in [0.4, 0.5) is 11.4 Å². The second kappa shape index (κ2) is 6.88. The first-order valence-electron chi connectivity index (χ1n) is 7.52. The highest BCUT2D eigenvalue weighted by Gasteiger charge is 2.26. The number of non-ortho nitro benzene ring substituents is 1. The van der Waals surface area contributed by atoms with Crippen LogP contribution in [0.2, 0.25) is 0 Å². The molecule has 2 aromatic carbocycles. The van der Waals surface area contributed by atoms with Gasteiger partial charge in [0.05, 0.1) is 9.85 Å². The van der Waals surface area contributed by atoms with Gasteiger partial charge in [-0.05, 0) is 11.6 Å². The van der Waals surface area contributed by atoms with Crippen LogP contribution < -0.4 is 4.57 Å². The lowest BCUT2D eigenvalue weighted by molar-refractivity contribution is -0.601. The Hall–Kier alpha value is -3.61. The Labute approximate surface area is 143 Å². The van der Waals surface area contributed by atoms with Crippen molar-refractivity contribution in [1.29, 1.82) is 0 Å². The number of nitrogens with zero attached hydrogens (tertiary/aromatic N) is 3. The minimum Gasteiger partial charge on any atom is -0.258 e. The summed E-state index contributed by atoms with van der Waals surface area (Å²) in [5.41, 5.74) is 1.76. The first-order chi connectivity index (χ1) is 12.0. The van der Waals surface area contributed by atoms with Crippen molar-refractivity contribution in [3.05, 3.63) is 104 Å². The van der Waals surface area contributed by atoms with Crippen molar-refractivity contribution in [3.8, 4) is 5.69 Å². The Bertz CT molecular complexity index is 942. The van der Waals surface area contributed by atoms with Gasteiger partial charge >= 0.3 is 5.69 Å². The molecule has 0 fully saturated rings. The van der Waals surface area contributed by atoms with Gasteiger partial charge in [-0.15, -0.1) is 0 Å².